The lowest BCUT2D eigenvalue weighted by molar-refractivity contribution is -0.126. The van der Waals surface area contributed by atoms with Gasteiger partial charge in [0.15, 0.2) is 0 Å². The number of nitrogens with zero attached hydrogens (tertiary/aromatic N) is 1. The molecule has 0 aliphatic heterocycles. The van der Waals surface area contributed by atoms with E-state index < -0.39 is 0 Å². The maximum atomic E-state index is 12.2. The molecule has 2 saturated carbocycles. The summed E-state index contributed by atoms with van der Waals surface area (Å²) in [6.45, 7) is 0.919. The summed E-state index contributed by atoms with van der Waals surface area (Å²) in [4.78, 5) is 14.5. The Kier molecular flexibility index (Phi) is 5.04. The average Bonchev–Trinajstić information content (AvgIpc) is 2.89. The molecule has 0 heterocycles. The molecule has 0 aromatic carbocycles. The zero-order valence-corrected chi connectivity index (χ0v) is 12.0. The Hall–Kier alpha value is -0.570. The van der Waals surface area contributed by atoms with Crippen LogP contribution < -0.4 is 5.32 Å². The van der Waals surface area contributed by atoms with Crippen molar-refractivity contribution in [3.8, 4) is 0 Å². The van der Waals surface area contributed by atoms with Crippen molar-refractivity contribution in [1.29, 1.82) is 0 Å². The summed E-state index contributed by atoms with van der Waals surface area (Å²) < 4.78 is 0. The highest BCUT2D eigenvalue weighted by Crippen LogP contribution is 2.27. The second-order valence-electron chi connectivity index (χ2n) is 6.38. The Balaban J connectivity index is 1.73. The number of nitrogens with one attached hydrogen (secondary N) is 1. The first-order chi connectivity index (χ1) is 8.66. The molecule has 1 N–H and O–H groups in total. The van der Waals surface area contributed by atoms with Gasteiger partial charge in [0.2, 0.25) is 5.91 Å². The van der Waals surface area contributed by atoms with Crippen molar-refractivity contribution in [3.05, 3.63) is 0 Å². The maximum Gasteiger partial charge on any atom is 0.223 e. The molecule has 1 amide bonds. The van der Waals surface area contributed by atoms with Gasteiger partial charge in [-0.15, -0.1) is 0 Å². The Morgan fingerprint density at radius 2 is 1.83 bits per heavy atom. The molecule has 2 atom stereocenters. The fraction of sp³-hybridized carbons (Fsp3) is 0.933. The first-order valence-electron chi connectivity index (χ1n) is 7.61. The van der Waals surface area contributed by atoms with Gasteiger partial charge in [-0.3, -0.25) is 4.79 Å². The van der Waals surface area contributed by atoms with E-state index in [-0.39, 0.29) is 5.92 Å². The lowest BCUT2D eigenvalue weighted by Crippen LogP contribution is -2.40. The molecule has 0 bridgehead atoms. The Morgan fingerprint density at radius 1 is 1.11 bits per heavy atom. The zero-order chi connectivity index (χ0) is 13.0. The van der Waals surface area contributed by atoms with E-state index in [1.54, 1.807) is 0 Å². The molecule has 18 heavy (non-hydrogen) atoms. The third-order valence-corrected chi connectivity index (χ3v) is 4.79. The van der Waals surface area contributed by atoms with E-state index >= 15 is 0 Å². The van der Waals surface area contributed by atoms with Crippen molar-refractivity contribution in [1.82, 2.24) is 10.2 Å². The maximum absolute atomic E-state index is 12.2. The monoisotopic (exact) mass is 252 g/mol. The van der Waals surface area contributed by atoms with E-state index in [4.69, 9.17) is 0 Å². The lowest BCUT2D eigenvalue weighted by Gasteiger charge is -2.32. The van der Waals surface area contributed by atoms with Crippen LogP contribution in [-0.4, -0.2) is 37.5 Å². The van der Waals surface area contributed by atoms with Crippen LogP contribution in [-0.2, 0) is 4.79 Å². The number of amides is 1. The highest BCUT2D eigenvalue weighted by Gasteiger charge is 2.28. The molecule has 0 aromatic heterocycles. The molecule has 2 aliphatic carbocycles. The topological polar surface area (TPSA) is 32.3 Å². The second-order valence-corrected chi connectivity index (χ2v) is 6.38. The smallest absolute Gasteiger partial charge is 0.223 e. The van der Waals surface area contributed by atoms with Crippen molar-refractivity contribution in [3.63, 3.8) is 0 Å². The minimum atomic E-state index is 0.257. The van der Waals surface area contributed by atoms with Crippen molar-refractivity contribution in [2.75, 3.05) is 20.6 Å². The number of carbonyl (C=O) groups is 1. The minimum Gasteiger partial charge on any atom is -0.356 e. The molecule has 2 fully saturated rings. The van der Waals surface area contributed by atoms with Gasteiger partial charge in [-0.1, -0.05) is 19.3 Å². The molecular formula is C15H28N2O. The SMILES string of the molecule is CN(C)[C@@H]1CCC[C@H](C(=O)NCC2CCCC2)C1. The van der Waals surface area contributed by atoms with Crippen molar-refractivity contribution in [2.45, 2.75) is 57.4 Å². The van der Waals surface area contributed by atoms with Gasteiger partial charge in [0.05, 0.1) is 0 Å². The molecule has 3 heteroatoms. The normalized spacial score (nSPS) is 29.7. The summed E-state index contributed by atoms with van der Waals surface area (Å²) in [6.07, 6.45) is 9.91. The average molecular weight is 252 g/mol. The molecule has 0 saturated heterocycles. The molecule has 2 aliphatic rings. The van der Waals surface area contributed by atoms with E-state index in [1.165, 1.54) is 38.5 Å². The van der Waals surface area contributed by atoms with Crippen LogP contribution in [0.1, 0.15) is 51.4 Å². The van der Waals surface area contributed by atoms with Gasteiger partial charge >= 0.3 is 0 Å². The largest absolute Gasteiger partial charge is 0.356 e. The van der Waals surface area contributed by atoms with E-state index in [9.17, 15) is 4.79 Å². The quantitative estimate of drug-likeness (QED) is 0.833. The Labute approximate surface area is 111 Å². The van der Waals surface area contributed by atoms with Crippen LogP contribution in [0.15, 0.2) is 0 Å². The van der Waals surface area contributed by atoms with Crippen LogP contribution in [0, 0.1) is 11.8 Å². The summed E-state index contributed by atoms with van der Waals surface area (Å²) >= 11 is 0. The van der Waals surface area contributed by atoms with E-state index in [0.29, 0.717) is 11.9 Å². The molecule has 3 nitrogen and oxygen atoms in total. The first-order valence-corrected chi connectivity index (χ1v) is 7.61. The van der Waals surface area contributed by atoms with Crippen LogP contribution in [0.3, 0.4) is 0 Å². The third kappa shape index (κ3) is 3.71. The van der Waals surface area contributed by atoms with Crippen LogP contribution >= 0.6 is 0 Å². The Bertz CT molecular complexity index is 272. The van der Waals surface area contributed by atoms with Crippen molar-refractivity contribution < 1.29 is 4.79 Å². The molecular weight excluding hydrogens is 224 g/mol. The molecule has 104 valence electrons. The first kappa shape index (κ1) is 13.9. The molecule has 0 unspecified atom stereocenters. The standard InChI is InChI=1S/C15H28N2O/c1-17(2)14-9-5-8-13(10-14)15(18)16-11-12-6-3-4-7-12/h12-14H,3-11H2,1-2H3,(H,16,18)/t13-,14+/m0/s1. The van der Waals surface area contributed by atoms with Gasteiger partial charge in [-0.05, 0) is 52.1 Å². The number of carbonyl (C=O) groups excluding carboxylic acids is 1. The van der Waals surface area contributed by atoms with Crippen molar-refractivity contribution in [2.24, 2.45) is 11.8 Å². The van der Waals surface area contributed by atoms with Gasteiger partial charge in [0.1, 0.15) is 0 Å². The predicted octanol–water partition coefficient (Wildman–Crippen LogP) is 2.41. The van der Waals surface area contributed by atoms with Gasteiger partial charge in [-0.25, -0.2) is 0 Å². The summed E-state index contributed by atoms with van der Waals surface area (Å²) in [5, 5.41) is 3.20. The highest BCUT2D eigenvalue weighted by atomic mass is 16.1. The van der Waals surface area contributed by atoms with E-state index in [2.05, 4.69) is 24.3 Å². The lowest BCUT2D eigenvalue weighted by atomic mass is 9.84. The van der Waals surface area contributed by atoms with Gasteiger partial charge in [-0.2, -0.15) is 0 Å². The Morgan fingerprint density at radius 3 is 2.50 bits per heavy atom. The fourth-order valence-electron chi connectivity index (χ4n) is 3.47. The van der Waals surface area contributed by atoms with Gasteiger partial charge in [0.25, 0.3) is 0 Å². The second kappa shape index (κ2) is 6.55. The van der Waals surface area contributed by atoms with E-state index in [1.807, 2.05) is 0 Å². The highest BCUT2D eigenvalue weighted by molar-refractivity contribution is 5.78. The van der Waals surface area contributed by atoms with Crippen molar-refractivity contribution >= 4 is 5.91 Å². The van der Waals surface area contributed by atoms with E-state index in [0.717, 1.165) is 25.3 Å². The predicted molar refractivity (Wildman–Crippen MR) is 74.4 cm³/mol. The van der Waals surface area contributed by atoms with Gasteiger partial charge in [0, 0.05) is 18.5 Å². The molecule has 2 rings (SSSR count). The minimum absolute atomic E-state index is 0.257. The number of hydrogen-bond acceptors (Lipinski definition) is 2. The van der Waals surface area contributed by atoms with Crippen LogP contribution in [0.4, 0.5) is 0 Å². The van der Waals surface area contributed by atoms with Gasteiger partial charge < -0.3 is 10.2 Å². The summed E-state index contributed by atoms with van der Waals surface area (Å²) in [7, 11) is 4.26. The zero-order valence-electron chi connectivity index (χ0n) is 12.0. The summed E-state index contributed by atoms with van der Waals surface area (Å²) in [5.41, 5.74) is 0. The third-order valence-electron chi connectivity index (χ3n) is 4.79. The summed E-state index contributed by atoms with van der Waals surface area (Å²) in [6, 6.07) is 0.598. The molecule has 0 radical (unpaired) electrons. The van der Waals surface area contributed by atoms with Crippen LogP contribution in [0.2, 0.25) is 0 Å². The van der Waals surface area contributed by atoms with Crippen LogP contribution in [0.25, 0.3) is 0 Å². The fourth-order valence-corrected chi connectivity index (χ4v) is 3.47. The molecule has 0 aromatic rings. The summed E-state index contributed by atoms with van der Waals surface area (Å²) in [5.74, 6) is 1.32. The van der Waals surface area contributed by atoms with Crippen LogP contribution in [0.5, 0.6) is 0 Å². The number of rotatable bonds is 4. The molecule has 0 spiro atoms. The number of hydrogen-bond donors (Lipinski definition) is 1.